The Hall–Kier alpha value is -2.17. The van der Waals surface area contributed by atoms with Crippen molar-refractivity contribution in [3.05, 3.63) is 35.1 Å². The van der Waals surface area contributed by atoms with Crippen LogP contribution in [0.2, 0.25) is 0 Å². The standard InChI is InChI=1S/C17H25FN4O2/c1-3-20-17(21-7-4-8-24-10-9-23-2)22-13-15-11-14(12-19)5-6-16(15)18/h5-6,11H,3-4,7-10,13H2,1-2H3,(H2,20,21,22). The minimum Gasteiger partial charge on any atom is -0.382 e. The molecule has 132 valence electrons. The number of ether oxygens (including phenoxy) is 2. The van der Waals surface area contributed by atoms with E-state index >= 15 is 0 Å². The Kier molecular flexibility index (Phi) is 10.2. The minimum absolute atomic E-state index is 0.168. The maximum Gasteiger partial charge on any atom is 0.191 e. The smallest absolute Gasteiger partial charge is 0.191 e. The summed E-state index contributed by atoms with van der Waals surface area (Å²) in [4.78, 5) is 4.35. The number of rotatable bonds is 10. The van der Waals surface area contributed by atoms with Gasteiger partial charge in [0, 0.05) is 32.4 Å². The number of nitrogens with one attached hydrogen (secondary N) is 2. The summed E-state index contributed by atoms with van der Waals surface area (Å²) < 4.78 is 24.0. The molecule has 6 nitrogen and oxygen atoms in total. The molecule has 0 aliphatic carbocycles. The molecular weight excluding hydrogens is 311 g/mol. The largest absolute Gasteiger partial charge is 0.382 e. The molecule has 24 heavy (non-hydrogen) atoms. The van der Waals surface area contributed by atoms with E-state index in [1.165, 1.54) is 18.2 Å². The first kappa shape index (κ1) is 19.9. The van der Waals surface area contributed by atoms with Crippen LogP contribution in [0, 0.1) is 17.1 Å². The monoisotopic (exact) mass is 336 g/mol. The van der Waals surface area contributed by atoms with Gasteiger partial charge >= 0.3 is 0 Å². The molecule has 0 atom stereocenters. The van der Waals surface area contributed by atoms with Gasteiger partial charge in [-0.3, -0.25) is 0 Å². The molecule has 0 saturated carbocycles. The highest BCUT2D eigenvalue weighted by Crippen LogP contribution is 2.11. The summed E-state index contributed by atoms with van der Waals surface area (Å²) in [6, 6.07) is 6.27. The molecule has 2 N–H and O–H groups in total. The molecule has 0 aromatic heterocycles. The molecule has 0 saturated heterocycles. The molecule has 0 aliphatic heterocycles. The number of hydrogen-bond donors (Lipinski definition) is 2. The summed E-state index contributed by atoms with van der Waals surface area (Å²) in [5.74, 6) is 0.247. The summed E-state index contributed by atoms with van der Waals surface area (Å²) in [6.45, 7) is 5.33. The van der Waals surface area contributed by atoms with Gasteiger partial charge in [-0.2, -0.15) is 5.26 Å². The van der Waals surface area contributed by atoms with E-state index in [4.69, 9.17) is 14.7 Å². The number of methoxy groups -OCH3 is 1. The van der Waals surface area contributed by atoms with Crippen molar-refractivity contribution in [1.82, 2.24) is 10.6 Å². The lowest BCUT2D eigenvalue weighted by molar-refractivity contribution is 0.0698. The molecule has 0 aliphatic rings. The third-order valence-corrected chi connectivity index (χ3v) is 3.12. The van der Waals surface area contributed by atoms with Crippen LogP contribution in [0.5, 0.6) is 0 Å². The number of nitrogens with zero attached hydrogens (tertiary/aromatic N) is 2. The lowest BCUT2D eigenvalue weighted by Gasteiger charge is -2.11. The van der Waals surface area contributed by atoms with E-state index in [-0.39, 0.29) is 12.4 Å². The van der Waals surface area contributed by atoms with Crippen LogP contribution in [0.3, 0.4) is 0 Å². The van der Waals surface area contributed by atoms with Gasteiger partial charge in [0.2, 0.25) is 0 Å². The van der Waals surface area contributed by atoms with E-state index in [1.54, 1.807) is 7.11 Å². The number of hydrogen-bond acceptors (Lipinski definition) is 4. The van der Waals surface area contributed by atoms with Crippen molar-refractivity contribution in [1.29, 1.82) is 5.26 Å². The lowest BCUT2D eigenvalue weighted by atomic mass is 10.1. The molecule has 0 fully saturated rings. The Bertz CT molecular complexity index is 558. The fraction of sp³-hybridized carbons (Fsp3) is 0.529. The van der Waals surface area contributed by atoms with Crippen LogP contribution in [-0.4, -0.2) is 46.0 Å². The number of guanidine groups is 1. The van der Waals surface area contributed by atoms with Gasteiger partial charge in [0.25, 0.3) is 0 Å². The highest BCUT2D eigenvalue weighted by molar-refractivity contribution is 5.79. The van der Waals surface area contributed by atoms with E-state index in [9.17, 15) is 4.39 Å². The maximum absolute atomic E-state index is 13.8. The zero-order chi connectivity index (χ0) is 17.6. The van der Waals surface area contributed by atoms with Crippen molar-refractivity contribution < 1.29 is 13.9 Å². The predicted molar refractivity (Wildman–Crippen MR) is 91.2 cm³/mol. The number of halogens is 1. The second-order valence-corrected chi connectivity index (χ2v) is 5.00. The van der Waals surface area contributed by atoms with Gasteiger partial charge in [-0.05, 0) is 31.5 Å². The maximum atomic E-state index is 13.8. The third-order valence-electron chi connectivity index (χ3n) is 3.12. The third kappa shape index (κ3) is 7.90. The van der Waals surface area contributed by atoms with Crippen molar-refractivity contribution >= 4 is 5.96 Å². The molecule has 0 amide bonds. The molecule has 1 aromatic rings. The Morgan fingerprint density at radius 1 is 1.29 bits per heavy atom. The van der Waals surface area contributed by atoms with Crippen molar-refractivity contribution in [2.75, 3.05) is 40.0 Å². The topological polar surface area (TPSA) is 78.7 Å². The predicted octanol–water partition coefficient (Wildman–Crippen LogP) is 1.81. The highest BCUT2D eigenvalue weighted by atomic mass is 19.1. The normalized spacial score (nSPS) is 11.2. The van der Waals surface area contributed by atoms with Crippen molar-refractivity contribution in [3.63, 3.8) is 0 Å². The Balaban J connectivity index is 2.46. The fourth-order valence-electron chi connectivity index (χ4n) is 1.90. The van der Waals surface area contributed by atoms with Crippen LogP contribution < -0.4 is 10.6 Å². The molecule has 0 bridgehead atoms. The van der Waals surface area contributed by atoms with Gasteiger partial charge in [-0.25, -0.2) is 9.38 Å². The van der Waals surface area contributed by atoms with E-state index < -0.39 is 0 Å². The lowest BCUT2D eigenvalue weighted by Crippen LogP contribution is -2.38. The number of nitriles is 1. The number of benzene rings is 1. The second-order valence-electron chi connectivity index (χ2n) is 5.00. The molecule has 0 radical (unpaired) electrons. The molecule has 7 heteroatoms. The first-order valence-electron chi connectivity index (χ1n) is 7.98. The van der Waals surface area contributed by atoms with Gasteiger partial charge in [0.1, 0.15) is 5.82 Å². The molecule has 0 spiro atoms. The second kappa shape index (κ2) is 12.3. The first-order valence-corrected chi connectivity index (χ1v) is 7.98. The van der Waals surface area contributed by atoms with Gasteiger partial charge < -0.3 is 20.1 Å². The summed E-state index contributed by atoms with van der Waals surface area (Å²) in [5, 5.41) is 15.2. The first-order chi connectivity index (χ1) is 11.7. The summed E-state index contributed by atoms with van der Waals surface area (Å²) in [5.41, 5.74) is 0.821. The van der Waals surface area contributed by atoms with Crippen LogP contribution in [0.1, 0.15) is 24.5 Å². The van der Waals surface area contributed by atoms with Gasteiger partial charge in [0.05, 0.1) is 31.4 Å². The average Bonchev–Trinajstić information content (AvgIpc) is 2.60. The van der Waals surface area contributed by atoms with E-state index in [0.717, 1.165) is 6.42 Å². The van der Waals surface area contributed by atoms with Crippen molar-refractivity contribution in [2.24, 2.45) is 4.99 Å². The Morgan fingerprint density at radius 2 is 2.12 bits per heavy atom. The molecule has 1 rings (SSSR count). The summed E-state index contributed by atoms with van der Waals surface area (Å²) in [7, 11) is 1.64. The van der Waals surface area contributed by atoms with E-state index in [0.29, 0.717) is 50.0 Å². The van der Waals surface area contributed by atoms with E-state index in [2.05, 4.69) is 15.6 Å². The Labute approximate surface area is 142 Å². The highest BCUT2D eigenvalue weighted by Gasteiger charge is 2.04. The summed E-state index contributed by atoms with van der Waals surface area (Å²) >= 11 is 0. The average molecular weight is 336 g/mol. The zero-order valence-corrected chi connectivity index (χ0v) is 14.3. The van der Waals surface area contributed by atoms with Crippen LogP contribution in [0.15, 0.2) is 23.2 Å². The molecule has 1 aromatic carbocycles. The summed E-state index contributed by atoms with van der Waals surface area (Å²) in [6.07, 6.45) is 0.826. The van der Waals surface area contributed by atoms with Crippen LogP contribution >= 0.6 is 0 Å². The van der Waals surface area contributed by atoms with Gasteiger partial charge in [0.15, 0.2) is 5.96 Å². The molecule has 0 unspecified atom stereocenters. The van der Waals surface area contributed by atoms with Gasteiger partial charge in [-0.1, -0.05) is 0 Å². The van der Waals surface area contributed by atoms with Crippen LogP contribution in [0.4, 0.5) is 4.39 Å². The number of aliphatic imine (C=N–C) groups is 1. The van der Waals surface area contributed by atoms with Crippen LogP contribution in [-0.2, 0) is 16.0 Å². The Morgan fingerprint density at radius 3 is 2.83 bits per heavy atom. The van der Waals surface area contributed by atoms with Gasteiger partial charge in [-0.15, -0.1) is 0 Å². The SMILES string of the molecule is CCNC(=NCc1cc(C#N)ccc1F)NCCCOCCOC. The van der Waals surface area contributed by atoms with Crippen LogP contribution in [0.25, 0.3) is 0 Å². The molecule has 0 heterocycles. The van der Waals surface area contributed by atoms with E-state index in [1.807, 2.05) is 13.0 Å². The van der Waals surface area contributed by atoms with Crippen molar-refractivity contribution in [3.8, 4) is 6.07 Å². The fourth-order valence-corrected chi connectivity index (χ4v) is 1.90. The van der Waals surface area contributed by atoms with Crippen molar-refractivity contribution in [2.45, 2.75) is 19.9 Å². The minimum atomic E-state index is -0.361. The zero-order valence-electron chi connectivity index (χ0n) is 14.3. The quantitative estimate of drug-likeness (QED) is 0.387. The molecular formula is C17H25FN4O2.